The number of carbonyl (C=O) groups excluding carboxylic acids is 1. The molecule has 4 aliphatic carbocycles. The van der Waals surface area contributed by atoms with Gasteiger partial charge in [0.15, 0.2) is 0 Å². The van der Waals surface area contributed by atoms with Crippen molar-refractivity contribution in [2.45, 2.75) is 65.2 Å². The van der Waals surface area contributed by atoms with Gasteiger partial charge in [0.1, 0.15) is 0 Å². The summed E-state index contributed by atoms with van der Waals surface area (Å²) in [5, 5.41) is 12.5. The molecule has 4 bridgehead atoms. The topological polar surface area (TPSA) is 49.3 Å². The lowest BCUT2D eigenvalue weighted by Crippen LogP contribution is -2.53. The minimum absolute atomic E-state index is 0.0127. The molecule has 0 unspecified atom stereocenters. The average molecular weight is 293 g/mol. The predicted molar refractivity (Wildman–Crippen MR) is 83.7 cm³/mol. The van der Waals surface area contributed by atoms with Gasteiger partial charge >= 0.3 is 0 Å². The molecule has 120 valence electrons. The Morgan fingerprint density at radius 2 is 1.67 bits per heavy atom. The molecule has 1 amide bonds. The fourth-order valence-electron chi connectivity index (χ4n) is 5.42. The summed E-state index contributed by atoms with van der Waals surface area (Å²) in [5.74, 6) is 2.82. The van der Waals surface area contributed by atoms with Gasteiger partial charge in [-0.3, -0.25) is 4.79 Å². The molecule has 0 radical (unpaired) electrons. The van der Waals surface area contributed by atoms with Crippen molar-refractivity contribution in [3.63, 3.8) is 0 Å². The van der Waals surface area contributed by atoms with Gasteiger partial charge in [-0.15, -0.1) is 0 Å². The van der Waals surface area contributed by atoms with Crippen LogP contribution in [-0.2, 0) is 4.79 Å². The van der Waals surface area contributed by atoms with Crippen LogP contribution < -0.4 is 5.32 Å². The maximum absolute atomic E-state index is 12.7. The highest BCUT2D eigenvalue weighted by Crippen LogP contribution is 2.60. The van der Waals surface area contributed by atoms with Gasteiger partial charge in [-0.2, -0.15) is 0 Å². The van der Waals surface area contributed by atoms with Gasteiger partial charge < -0.3 is 10.4 Å². The van der Waals surface area contributed by atoms with Gasteiger partial charge in [-0.1, -0.05) is 13.8 Å². The molecule has 3 nitrogen and oxygen atoms in total. The number of hydrogen-bond donors (Lipinski definition) is 2. The minimum Gasteiger partial charge on any atom is -0.396 e. The molecule has 0 aromatic rings. The van der Waals surface area contributed by atoms with Crippen LogP contribution in [-0.4, -0.2) is 24.2 Å². The zero-order valence-corrected chi connectivity index (χ0v) is 13.7. The fraction of sp³-hybridized carbons (Fsp3) is 0.944. The monoisotopic (exact) mass is 293 g/mol. The van der Waals surface area contributed by atoms with E-state index in [1.54, 1.807) is 0 Å². The second kappa shape index (κ2) is 5.57. The lowest BCUT2D eigenvalue weighted by Gasteiger charge is -2.55. The van der Waals surface area contributed by atoms with E-state index in [0.717, 1.165) is 56.4 Å². The van der Waals surface area contributed by atoms with E-state index in [9.17, 15) is 9.90 Å². The van der Waals surface area contributed by atoms with Crippen LogP contribution >= 0.6 is 0 Å². The van der Waals surface area contributed by atoms with E-state index in [0.29, 0.717) is 5.91 Å². The molecular formula is C18H31NO2. The molecule has 4 aliphatic rings. The predicted octanol–water partition coefficient (Wildman–Crippen LogP) is 3.12. The first-order chi connectivity index (χ1) is 9.92. The zero-order valence-electron chi connectivity index (χ0n) is 13.7. The van der Waals surface area contributed by atoms with Gasteiger partial charge in [0.25, 0.3) is 0 Å². The number of hydrogen-bond acceptors (Lipinski definition) is 2. The van der Waals surface area contributed by atoms with Gasteiger partial charge in [-0.05, 0) is 74.5 Å². The van der Waals surface area contributed by atoms with E-state index in [1.807, 2.05) is 0 Å². The van der Waals surface area contributed by atoms with Crippen molar-refractivity contribution in [2.75, 3.05) is 13.2 Å². The van der Waals surface area contributed by atoms with Crippen LogP contribution in [0.4, 0.5) is 0 Å². The van der Waals surface area contributed by atoms with Crippen molar-refractivity contribution in [1.82, 2.24) is 5.32 Å². The Morgan fingerprint density at radius 3 is 2.14 bits per heavy atom. The molecule has 21 heavy (non-hydrogen) atoms. The second-order valence-corrected chi connectivity index (χ2v) is 8.88. The van der Waals surface area contributed by atoms with Crippen LogP contribution in [0, 0.1) is 28.6 Å². The Balaban J connectivity index is 1.50. The summed E-state index contributed by atoms with van der Waals surface area (Å²) in [4.78, 5) is 12.7. The lowest BCUT2D eigenvalue weighted by molar-refractivity contribution is -0.146. The van der Waals surface area contributed by atoms with Crippen molar-refractivity contribution in [3.05, 3.63) is 0 Å². The third-order valence-corrected chi connectivity index (χ3v) is 6.26. The molecule has 0 saturated heterocycles. The molecule has 3 heteroatoms. The number of rotatable bonds is 6. The number of nitrogens with one attached hydrogen (secondary N) is 1. The first-order valence-electron chi connectivity index (χ1n) is 8.82. The van der Waals surface area contributed by atoms with Crippen molar-refractivity contribution >= 4 is 5.91 Å². The van der Waals surface area contributed by atoms with Crippen LogP contribution in [0.5, 0.6) is 0 Å². The normalized spacial score (nSPS) is 37.8. The molecule has 0 heterocycles. The third kappa shape index (κ3) is 3.13. The highest BCUT2D eigenvalue weighted by atomic mass is 16.3. The standard InChI is InChI=1S/C18H31NO2/c1-17(2,12-20)4-3-5-19-16(21)18-9-13-6-14(10-18)8-15(7-13)11-18/h13-15,20H,3-12H2,1-2H3,(H,19,21). The van der Waals surface area contributed by atoms with E-state index >= 15 is 0 Å². The minimum atomic E-state index is -0.0224. The second-order valence-electron chi connectivity index (χ2n) is 8.88. The third-order valence-electron chi connectivity index (χ3n) is 6.26. The first-order valence-corrected chi connectivity index (χ1v) is 8.82. The molecule has 4 rings (SSSR count). The number of amides is 1. The summed E-state index contributed by atoms with van der Waals surface area (Å²) in [6.07, 6.45) is 9.52. The van der Waals surface area contributed by atoms with Crippen molar-refractivity contribution in [1.29, 1.82) is 0 Å². The SMILES string of the molecule is CC(C)(CO)CCCNC(=O)C12CC3CC(CC(C3)C1)C2. The first kappa shape index (κ1) is 15.3. The van der Waals surface area contributed by atoms with E-state index in [1.165, 1.54) is 19.3 Å². The maximum atomic E-state index is 12.7. The molecule has 0 spiro atoms. The summed E-state index contributed by atoms with van der Waals surface area (Å²) < 4.78 is 0. The molecule has 0 atom stereocenters. The molecule has 0 aromatic heterocycles. The Kier molecular flexibility index (Phi) is 4.06. The van der Waals surface area contributed by atoms with Crippen molar-refractivity contribution < 1.29 is 9.90 Å². The van der Waals surface area contributed by atoms with E-state index in [4.69, 9.17) is 0 Å². The number of aliphatic hydroxyl groups is 1. The average Bonchev–Trinajstić information content (AvgIpc) is 2.42. The number of carbonyl (C=O) groups is 1. The van der Waals surface area contributed by atoms with Crippen LogP contribution in [0.3, 0.4) is 0 Å². The van der Waals surface area contributed by atoms with Crippen LogP contribution in [0.2, 0.25) is 0 Å². The largest absolute Gasteiger partial charge is 0.396 e. The molecule has 4 saturated carbocycles. The summed E-state index contributed by atoms with van der Waals surface area (Å²) in [5.41, 5.74) is -0.0351. The summed E-state index contributed by atoms with van der Waals surface area (Å²) in [7, 11) is 0. The highest BCUT2D eigenvalue weighted by molar-refractivity contribution is 5.83. The van der Waals surface area contributed by atoms with Gasteiger partial charge in [0.2, 0.25) is 5.91 Å². The lowest BCUT2D eigenvalue weighted by atomic mass is 9.49. The quantitative estimate of drug-likeness (QED) is 0.739. The van der Waals surface area contributed by atoms with Gasteiger partial charge in [0.05, 0.1) is 0 Å². The molecule has 0 aliphatic heterocycles. The van der Waals surface area contributed by atoms with E-state index in [2.05, 4.69) is 19.2 Å². The smallest absolute Gasteiger partial charge is 0.226 e. The van der Waals surface area contributed by atoms with Gasteiger partial charge in [0, 0.05) is 18.6 Å². The van der Waals surface area contributed by atoms with E-state index < -0.39 is 0 Å². The number of aliphatic hydroxyl groups excluding tert-OH is 1. The zero-order chi connectivity index (χ0) is 15.1. The maximum Gasteiger partial charge on any atom is 0.226 e. The Morgan fingerprint density at radius 1 is 1.14 bits per heavy atom. The molecular weight excluding hydrogens is 262 g/mol. The fourth-order valence-corrected chi connectivity index (χ4v) is 5.42. The summed E-state index contributed by atoms with van der Waals surface area (Å²) in [6.45, 7) is 5.14. The molecule has 4 fully saturated rings. The summed E-state index contributed by atoms with van der Waals surface area (Å²) >= 11 is 0. The van der Waals surface area contributed by atoms with Crippen LogP contribution in [0.25, 0.3) is 0 Å². The van der Waals surface area contributed by atoms with Crippen LogP contribution in [0.1, 0.15) is 65.2 Å². The highest BCUT2D eigenvalue weighted by Gasteiger charge is 2.54. The Hall–Kier alpha value is -0.570. The molecule has 0 aromatic carbocycles. The Labute approximate surface area is 128 Å². The molecule has 2 N–H and O–H groups in total. The Bertz CT molecular complexity index is 367. The van der Waals surface area contributed by atoms with Gasteiger partial charge in [-0.25, -0.2) is 0 Å². The van der Waals surface area contributed by atoms with Crippen LogP contribution in [0.15, 0.2) is 0 Å². The van der Waals surface area contributed by atoms with Crippen molar-refractivity contribution in [2.24, 2.45) is 28.6 Å². The van der Waals surface area contributed by atoms with Crippen molar-refractivity contribution in [3.8, 4) is 0 Å². The van der Waals surface area contributed by atoms with E-state index in [-0.39, 0.29) is 17.4 Å². The summed E-state index contributed by atoms with van der Waals surface area (Å²) in [6, 6.07) is 0.